The molecule has 0 N–H and O–H groups in total. The highest BCUT2D eigenvalue weighted by atomic mass is 16.6. The summed E-state index contributed by atoms with van der Waals surface area (Å²) in [5, 5.41) is 0.822. The lowest BCUT2D eigenvalue weighted by Gasteiger charge is -2.27. The van der Waals surface area contributed by atoms with Crippen LogP contribution < -0.4 is 10.4 Å². The van der Waals surface area contributed by atoms with Crippen LogP contribution in [0.25, 0.3) is 11.0 Å². The molecule has 1 amide bonds. The lowest BCUT2D eigenvalue weighted by molar-refractivity contribution is -0.139. The first-order chi connectivity index (χ1) is 13.7. The molecule has 0 saturated carbocycles. The first-order valence-corrected chi connectivity index (χ1v) is 9.96. The summed E-state index contributed by atoms with van der Waals surface area (Å²) in [6, 6.07) is 5.80. The first kappa shape index (κ1) is 20.9. The second-order valence-corrected chi connectivity index (χ2v) is 8.25. The second-order valence-electron chi connectivity index (χ2n) is 8.25. The van der Waals surface area contributed by atoms with Gasteiger partial charge in [-0.25, -0.2) is 14.4 Å². The van der Waals surface area contributed by atoms with Crippen molar-refractivity contribution in [3.63, 3.8) is 0 Å². The van der Waals surface area contributed by atoms with E-state index in [1.165, 1.54) is 11.0 Å². The second kappa shape index (κ2) is 8.27. The molecule has 2 aromatic rings. The third-order valence-electron chi connectivity index (χ3n) is 4.69. The molecule has 0 aliphatic carbocycles. The molecule has 7 nitrogen and oxygen atoms in total. The van der Waals surface area contributed by atoms with Gasteiger partial charge in [0.1, 0.15) is 23.0 Å². The van der Waals surface area contributed by atoms with Gasteiger partial charge in [0.25, 0.3) is 0 Å². The number of hydrogen-bond acceptors (Lipinski definition) is 6. The Hall–Kier alpha value is -2.83. The summed E-state index contributed by atoms with van der Waals surface area (Å²) >= 11 is 0. The number of aryl methyl sites for hydroxylation is 1. The Labute approximate surface area is 169 Å². The van der Waals surface area contributed by atoms with Gasteiger partial charge in [0.05, 0.1) is 0 Å². The van der Waals surface area contributed by atoms with Gasteiger partial charge in [-0.15, -0.1) is 0 Å². The van der Waals surface area contributed by atoms with Gasteiger partial charge < -0.3 is 13.9 Å². The highest BCUT2D eigenvalue weighted by Crippen LogP contribution is 2.26. The van der Waals surface area contributed by atoms with E-state index in [9.17, 15) is 14.4 Å². The fourth-order valence-corrected chi connectivity index (χ4v) is 3.48. The van der Waals surface area contributed by atoms with Crippen LogP contribution in [0.15, 0.2) is 33.5 Å². The lowest BCUT2D eigenvalue weighted by atomic mass is 10.1. The number of likely N-dealkylation sites (tertiary alicyclic amines) is 1. The Morgan fingerprint density at radius 1 is 1.24 bits per heavy atom. The lowest BCUT2D eigenvalue weighted by Crippen LogP contribution is -2.44. The summed E-state index contributed by atoms with van der Waals surface area (Å²) in [6.07, 6.45) is 2.35. The van der Waals surface area contributed by atoms with Crippen molar-refractivity contribution in [2.24, 2.45) is 0 Å². The molecule has 2 heterocycles. The molecule has 1 fully saturated rings. The smallest absolute Gasteiger partial charge is 0.411 e. The van der Waals surface area contributed by atoms with Gasteiger partial charge in [-0.3, -0.25) is 4.90 Å². The molecule has 0 bridgehead atoms. The van der Waals surface area contributed by atoms with Crippen molar-refractivity contribution in [1.29, 1.82) is 0 Å². The Bertz CT molecular complexity index is 971. The SMILES string of the molecule is CCCc1cc(=O)oc2cc(OC(=O)[C@H]3CCCN3C(=O)OC(C)(C)C)ccc12. The third kappa shape index (κ3) is 4.96. The summed E-state index contributed by atoms with van der Waals surface area (Å²) in [4.78, 5) is 38.3. The number of nitrogens with zero attached hydrogens (tertiary/aromatic N) is 1. The van der Waals surface area contributed by atoms with E-state index < -0.39 is 29.3 Å². The van der Waals surface area contributed by atoms with Crippen LogP contribution in [-0.4, -0.2) is 35.2 Å². The standard InChI is InChI=1S/C22H27NO6/c1-5-7-14-12-19(24)28-18-13-15(9-10-16(14)18)27-20(25)17-8-6-11-23(17)21(26)29-22(2,3)4/h9-10,12-13,17H,5-8,11H2,1-4H3/t17-/m1/s1. The summed E-state index contributed by atoms with van der Waals surface area (Å²) in [6.45, 7) is 7.83. The van der Waals surface area contributed by atoms with Crippen molar-refractivity contribution in [1.82, 2.24) is 4.90 Å². The summed E-state index contributed by atoms with van der Waals surface area (Å²) in [7, 11) is 0. The molecule has 0 spiro atoms. The maximum atomic E-state index is 12.7. The predicted molar refractivity (Wildman–Crippen MR) is 108 cm³/mol. The number of benzene rings is 1. The van der Waals surface area contributed by atoms with E-state index >= 15 is 0 Å². The van der Waals surface area contributed by atoms with E-state index in [1.807, 2.05) is 6.92 Å². The molecule has 1 aliphatic rings. The van der Waals surface area contributed by atoms with Gasteiger partial charge in [-0.05, 0) is 57.7 Å². The number of hydrogen-bond donors (Lipinski definition) is 0. The molecule has 1 saturated heterocycles. The zero-order valence-corrected chi connectivity index (χ0v) is 17.3. The van der Waals surface area contributed by atoms with Crippen LogP contribution in [0, 0.1) is 0 Å². The van der Waals surface area contributed by atoms with E-state index in [0.717, 1.165) is 23.8 Å². The number of esters is 1. The molecule has 0 unspecified atom stereocenters. The van der Waals surface area contributed by atoms with Gasteiger partial charge in [0.15, 0.2) is 0 Å². The molecule has 3 rings (SSSR count). The molecule has 0 radical (unpaired) electrons. The summed E-state index contributed by atoms with van der Waals surface area (Å²) < 4.78 is 16.2. The molecule has 156 valence electrons. The first-order valence-electron chi connectivity index (χ1n) is 9.96. The number of fused-ring (bicyclic) bond motifs is 1. The highest BCUT2D eigenvalue weighted by molar-refractivity contribution is 5.86. The van der Waals surface area contributed by atoms with Gasteiger partial charge in [-0.2, -0.15) is 0 Å². The summed E-state index contributed by atoms with van der Waals surface area (Å²) in [5.41, 5.74) is 0.210. The van der Waals surface area contributed by atoms with Crippen LogP contribution in [0.3, 0.4) is 0 Å². The van der Waals surface area contributed by atoms with E-state index in [2.05, 4.69) is 0 Å². The topological polar surface area (TPSA) is 86.0 Å². The summed E-state index contributed by atoms with van der Waals surface area (Å²) in [5.74, 6) is -0.255. The monoisotopic (exact) mass is 401 g/mol. The van der Waals surface area contributed by atoms with Crippen LogP contribution in [-0.2, 0) is 16.0 Å². The Balaban J connectivity index is 1.78. The van der Waals surface area contributed by atoms with Crippen LogP contribution in [0.1, 0.15) is 52.5 Å². The minimum atomic E-state index is -0.695. The molecular formula is C22H27NO6. The number of rotatable bonds is 4. The molecule has 7 heteroatoms. The van der Waals surface area contributed by atoms with Gasteiger partial charge in [0.2, 0.25) is 0 Å². The number of ether oxygens (including phenoxy) is 2. The van der Waals surface area contributed by atoms with E-state index in [1.54, 1.807) is 39.0 Å². The zero-order valence-electron chi connectivity index (χ0n) is 17.3. The van der Waals surface area contributed by atoms with Crippen LogP contribution in [0.2, 0.25) is 0 Å². The fourth-order valence-electron chi connectivity index (χ4n) is 3.48. The van der Waals surface area contributed by atoms with E-state index in [0.29, 0.717) is 25.0 Å². The average Bonchev–Trinajstić information content (AvgIpc) is 3.10. The van der Waals surface area contributed by atoms with E-state index in [4.69, 9.17) is 13.9 Å². The molecule has 1 aromatic carbocycles. The normalized spacial score (nSPS) is 16.8. The van der Waals surface area contributed by atoms with Gasteiger partial charge >= 0.3 is 17.7 Å². The van der Waals surface area contributed by atoms with Crippen molar-refractivity contribution in [3.05, 3.63) is 40.2 Å². The number of carbonyl (C=O) groups is 2. The minimum absolute atomic E-state index is 0.273. The molecule has 1 aliphatic heterocycles. The number of carbonyl (C=O) groups excluding carboxylic acids is 2. The number of amides is 1. The average molecular weight is 401 g/mol. The predicted octanol–water partition coefficient (Wildman–Crippen LogP) is 4.05. The molecule has 1 atom stereocenters. The minimum Gasteiger partial charge on any atom is -0.444 e. The largest absolute Gasteiger partial charge is 0.444 e. The Morgan fingerprint density at radius 2 is 2.00 bits per heavy atom. The maximum absolute atomic E-state index is 12.7. The Kier molecular flexibility index (Phi) is 5.96. The molecule has 1 aromatic heterocycles. The molecular weight excluding hydrogens is 374 g/mol. The van der Waals surface area contributed by atoms with Crippen molar-refractivity contribution in [3.8, 4) is 5.75 Å². The van der Waals surface area contributed by atoms with Crippen molar-refractivity contribution < 1.29 is 23.5 Å². The van der Waals surface area contributed by atoms with Crippen molar-refractivity contribution in [2.45, 2.75) is 65.0 Å². The fraction of sp³-hybridized carbons (Fsp3) is 0.500. The van der Waals surface area contributed by atoms with Gasteiger partial charge in [0, 0.05) is 24.1 Å². The molecule has 29 heavy (non-hydrogen) atoms. The van der Waals surface area contributed by atoms with Gasteiger partial charge in [-0.1, -0.05) is 13.3 Å². The van der Waals surface area contributed by atoms with Crippen molar-refractivity contribution in [2.75, 3.05) is 6.54 Å². The zero-order chi connectivity index (χ0) is 21.2. The quantitative estimate of drug-likeness (QED) is 0.436. The Morgan fingerprint density at radius 3 is 2.69 bits per heavy atom. The van der Waals surface area contributed by atoms with Crippen LogP contribution in [0.4, 0.5) is 4.79 Å². The maximum Gasteiger partial charge on any atom is 0.411 e. The van der Waals surface area contributed by atoms with Crippen LogP contribution >= 0.6 is 0 Å². The van der Waals surface area contributed by atoms with Crippen molar-refractivity contribution >= 4 is 23.0 Å². The van der Waals surface area contributed by atoms with E-state index in [-0.39, 0.29) is 5.75 Å². The van der Waals surface area contributed by atoms with Crippen LogP contribution in [0.5, 0.6) is 5.75 Å². The highest BCUT2D eigenvalue weighted by Gasteiger charge is 2.37. The third-order valence-corrected chi connectivity index (χ3v) is 4.69.